The number of quaternary nitrogens is 1. The van der Waals surface area contributed by atoms with Crippen LogP contribution in [-0.2, 0) is 11.2 Å². The van der Waals surface area contributed by atoms with Crippen molar-refractivity contribution in [2.45, 2.75) is 19.4 Å². The van der Waals surface area contributed by atoms with Crippen LogP contribution < -0.4 is 11.1 Å². The summed E-state index contributed by atoms with van der Waals surface area (Å²) in [6.07, 6.45) is 0.389. The lowest BCUT2D eigenvalue weighted by atomic mass is 10.1. The number of hydrogen-bond acceptors (Lipinski definition) is 6. The van der Waals surface area contributed by atoms with Crippen molar-refractivity contribution in [1.29, 1.82) is 0 Å². The highest BCUT2D eigenvalue weighted by atomic mass is 16.4. The molecule has 0 saturated carbocycles. The summed E-state index contributed by atoms with van der Waals surface area (Å²) < 4.78 is 0. The number of carbonyl (C=O) groups is 1. The molecule has 0 bridgehead atoms. The minimum atomic E-state index is -0.905. The fraction of sp³-hybridized carbons (Fsp3) is 0.250. The molecular weight excluding hydrogens is 260 g/mol. The lowest BCUT2D eigenvalue weighted by molar-refractivity contribution is -0.407. The van der Waals surface area contributed by atoms with Crippen molar-refractivity contribution in [3.05, 3.63) is 35.7 Å². The molecule has 20 heavy (non-hydrogen) atoms. The van der Waals surface area contributed by atoms with E-state index in [9.17, 15) is 4.79 Å². The first kappa shape index (κ1) is 13.8. The normalized spacial score (nSPS) is 11.9. The van der Waals surface area contributed by atoms with E-state index >= 15 is 0 Å². The molecule has 0 spiro atoms. The Balaban J connectivity index is 2.01. The monoisotopic (exact) mass is 275 g/mol. The number of aliphatic carboxylic acids is 1. The van der Waals surface area contributed by atoms with Gasteiger partial charge in [-0.3, -0.25) is 0 Å². The Morgan fingerprint density at radius 2 is 1.85 bits per heavy atom. The van der Waals surface area contributed by atoms with E-state index in [-0.39, 0.29) is 0 Å². The van der Waals surface area contributed by atoms with Crippen LogP contribution in [0.15, 0.2) is 24.3 Å². The highest BCUT2D eigenvalue weighted by Gasteiger charge is 2.15. The van der Waals surface area contributed by atoms with Crippen LogP contribution in [0.5, 0.6) is 0 Å². The maximum absolute atomic E-state index is 10.7. The number of nitrogens with zero attached hydrogens (tertiary/aromatic N) is 4. The lowest BCUT2D eigenvalue weighted by Crippen LogP contribution is -2.65. The van der Waals surface area contributed by atoms with Gasteiger partial charge in [0.05, 0.1) is 0 Å². The molecule has 1 unspecified atom stereocenters. The average molecular weight is 275 g/mol. The van der Waals surface area contributed by atoms with E-state index in [1.165, 1.54) is 0 Å². The number of hydrogen-bond donors (Lipinski definition) is 3. The van der Waals surface area contributed by atoms with E-state index in [2.05, 4.69) is 31.4 Å². The van der Waals surface area contributed by atoms with Gasteiger partial charge in [0.2, 0.25) is 0 Å². The summed E-state index contributed by atoms with van der Waals surface area (Å²) in [6.45, 7) is 1.70. The Kier molecular flexibility index (Phi) is 4.16. The van der Waals surface area contributed by atoms with Crippen molar-refractivity contribution >= 4 is 17.6 Å². The van der Waals surface area contributed by atoms with Crippen LogP contribution in [0.4, 0.5) is 11.6 Å². The van der Waals surface area contributed by atoms with Crippen LogP contribution in [0.25, 0.3) is 0 Å². The molecule has 5 N–H and O–H groups in total. The molecule has 1 aromatic heterocycles. The second-order valence-electron chi connectivity index (χ2n) is 4.33. The minimum Gasteiger partial charge on any atom is -0.477 e. The van der Waals surface area contributed by atoms with Gasteiger partial charge in [0.1, 0.15) is 0 Å². The van der Waals surface area contributed by atoms with Crippen molar-refractivity contribution in [3.8, 4) is 0 Å². The van der Waals surface area contributed by atoms with Gasteiger partial charge in [-0.25, -0.2) is 4.79 Å². The van der Waals surface area contributed by atoms with Crippen LogP contribution in [0, 0.1) is 6.92 Å². The molecule has 0 amide bonds. The molecule has 0 aliphatic rings. The fourth-order valence-electron chi connectivity index (χ4n) is 1.55. The van der Waals surface area contributed by atoms with Crippen LogP contribution in [0.1, 0.15) is 11.4 Å². The predicted molar refractivity (Wildman–Crippen MR) is 70.1 cm³/mol. The summed E-state index contributed by atoms with van der Waals surface area (Å²) in [5, 5.41) is 27.0. The third kappa shape index (κ3) is 3.69. The summed E-state index contributed by atoms with van der Waals surface area (Å²) in [7, 11) is 0. The highest BCUT2D eigenvalue weighted by molar-refractivity contribution is 5.72. The molecular formula is C12H15N6O2+. The number of carboxylic acids is 1. The number of rotatable bonds is 5. The maximum Gasteiger partial charge on any atom is 0.362 e. The first-order valence-corrected chi connectivity index (χ1v) is 6.00. The number of aromatic nitrogens is 4. The second-order valence-corrected chi connectivity index (χ2v) is 4.33. The summed E-state index contributed by atoms with van der Waals surface area (Å²) in [4.78, 5) is 10.7. The molecule has 0 aliphatic heterocycles. The Morgan fingerprint density at radius 1 is 1.25 bits per heavy atom. The molecule has 8 nitrogen and oxygen atoms in total. The zero-order valence-electron chi connectivity index (χ0n) is 10.9. The SMILES string of the molecule is Cc1nnc(Nc2ccc(CC([NH3+])C(=O)O)cc2)nn1. The van der Waals surface area contributed by atoms with E-state index < -0.39 is 12.0 Å². The molecule has 0 aliphatic carbocycles. The largest absolute Gasteiger partial charge is 0.477 e. The van der Waals surface area contributed by atoms with Crippen LogP contribution >= 0.6 is 0 Å². The Hall–Kier alpha value is -2.61. The molecule has 0 radical (unpaired) electrons. The van der Waals surface area contributed by atoms with E-state index in [4.69, 9.17) is 5.11 Å². The molecule has 1 heterocycles. The van der Waals surface area contributed by atoms with Gasteiger partial charge in [-0.2, -0.15) is 0 Å². The molecule has 104 valence electrons. The van der Waals surface area contributed by atoms with Crippen molar-refractivity contribution in [2.24, 2.45) is 0 Å². The molecule has 1 atom stereocenters. The topological polar surface area (TPSA) is 129 Å². The Labute approximate surface area is 115 Å². The molecule has 1 aromatic carbocycles. The van der Waals surface area contributed by atoms with Crippen molar-refractivity contribution in [2.75, 3.05) is 5.32 Å². The number of aryl methyl sites for hydroxylation is 1. The molecule has 2 rings (SSSR count). The molecule has 8 heteroatoms. The summed E-state index contributed by atoms with van der Waals surface area (Å²) in [5.41, 5.74) is 5.26. The van der Waals surface area contributed by atoms with E-state index in [0.29, 0.717) is 18.2 Å². The van der Waals surface area contributed by atoms with Crippen LogP contribution in [0.3, 0.4) is 0 Å². The standard InChI is InChI=1S/C12H14N6O2/c1-7-15-17-12(18-16-7)14-9-4-2-8(3-5-9)6-10(13)11(19)20/h2-5,10H,6,13H2,1H3,(H,19,20)(H,14,17,18)/p+1. The smallest absolute Gasteiger partial charge is 0.362 e. The Bertz CT molecular complexity index is 584. The predicted octanol–water partition coefficient (Wildman–Crippen LogP) is -0.444. The number of carboxylic acid groups (broad SMARTS) is 1. The maximum atomic E-state index is 10.7. The summed E-state index contributed by atoms with van der Waals surface area (Å²) in [5.74, 6) is -0.0950. The summed E-state index contributed by atoms with van der Waals surface area (Å²) in [6, 6.07) is 6.64. The molecule has 0 saturated heterocycles. The quantitative estimate of drug-likeness (QED) is 0.674. The van der Waals surface area contributed by atoms with Gasteiger partial charge in [-0.05, 0) is 24.6 Å². The Morgan fingerprint density at radius 3 is 2.40 bits per heavy atom. The van der Waals surface area contributed by atoms with Gasteiger partial charge in [-0.15, -0.1) is 20.4 Å². The first-order valence-electron chi connectivity index (χ1n) is 6.00. The van der Waals surface area contributed by atoms with Gasteiger partial charge in [-0.1, -0.05) is 12.1 Å². The summed E-state index contributed by atoms with van der Waals surface area (Å²) >= 11 is 0. The van der Waals surface area contributed by atoms with Crippen molar-refractivity contribution < 1.29 is 15.6 Å². The lowest BCUT2D eigenvalue weighted by Gasteiger charge is -2.06. The molecule has 0 fully saturated rings. The second kappa shape index (κ2) is 6.02. The third-order valence-corrected chi connectivity index (χ3v) is 2.62. The number of anilines is 2. The zero-order valence-corrected chi connectivity index (χ0v) is 10.9. The average Bonchev–Trinajstić information content (AvgIpc) is 2.43. The minimum absolute atomic E-state index is 0.309. The highest BCUT2D eigenvalue weighted by Crippen LogP contribution is 2.13. The number of benzene rings is 1. The van der Waals surface area contributed by atoms with Gasteiger partial charge < -0.3 is 16.2 Å². The van der Waals surface area contributed by atoms with E-state index in [0.717, 1.165) is 11.3 Å². The van der Waals surface area contributed by atoms with Gasteiger partial charge >= 0.3 is 5.97 Å². The number of nitrogens with one attached hydrogen (secondary N) is 1. The van der Waals surface area contributed by atoms with Gasteiger partial charge in [0.25, 0.3) is 5.95 Å². The van der Waals surface area contributed by atoms with Crippen molar-refractivity contribution in [1.82, 2.24) is 20.4 Å². The van der Waals surface area contributed by atoms with Crippen LogP contribution in [0.2, 0.25) is 0 Å². The van der Waals surface area contributed by atoms with Gasteiger partial charge in [0, 0.05) is 12.1 Å². The van der Waals surface area contributed by atoms with Crippen LogP contribution in [-0.4, -0.2) is 37.5 Å². The van der Waals surface area contributed by atoms with Crippen molar-refractivity contribution in [3.63, 3.8) is 0 Å². The first-order chi connectivity index (χ1) is 9.54. The van der Waals surface area contributed by atoms with Gasteiger partial charge in [0.15, 0.2) is 11.9 Å². The van der Waals surface area contributed by atoms with E-state index in [1.807, 2.05) is 24.3 Å². The zero-order chi connectivity index (χ0) is 14.5. The van der Waals surface area contributed by atoms with E-state index in [1.54, 1.807) is 6.92 Å². The fourth-order valence-corrected chi connectivity index (χ4v) is 1.55. The molecule has 2 aromatic rings. The third-order valence-electron chi connectivity index (χ3n) is 2.62.